The van der Waals surface area contributed by atoms with Crippen molar-refractivity contribution in [1.82, 2.24) is 4.98 Å². The van der Waals surface area contributed by atoms with Crippen LogP contribution < -0.4 is 11.1 Å². The first-order valence-corrected chi connectivity index (χ1v) is 8.87. The fourth-order valence-electron chi connectivity index (χ4n) is 2.97. The van der Waals surface area contributed by atoms with E-state index in [9.17, 15) is 10.1 Å². The molecule has 3 N–H and O–H groups in total. The molecule has 0 radical (unpaired) electrons. The number of amides is 1. The maximum absolute atomic E-state index is 12.3. The van der Waals surface area contributed by atoms with Crippen molar-refractivity contribution in [3.8, 4) is 28.7 Å². The number of nitrogens with two attached hydrogens (primary N) is 1. The lowest BCUT2D eigenvalue weighted by Crippen LogP contribution is -2.11. The van der Waals surface area contributed by atoms with Crippen molar-refractivity contribution in [3.63, 3.8) is 0 Å². The first-order valence-electron chi connectivity index (χ1n) is 8.87. The van der Waals surface area contributed by atoms with Gasteiger partial charge in [0.1, 0.15) is 23.2 Å². The smallest absolute Gasteiger partial charge is 0.255 e. The zero-order valence-corrected chi connectivity index (χ0v) is 15.3. The van der Waals surface area contributed by atoms with Crippen LogP contribution in [0.25, 0.3) is 22.6 Å². The highest BCUT2D eigenvalue weighted by Gasteiger charge is 2.15. The fourth-order valence-corrected chi connectivity index (χ4v) is 2.97. The predicted octanol–water partition coefficient (Wildman–Crippen LogP) is 4.71. The zero-order valence-electron chi connectivity index (χ0n) is 15.3. The molecule has 1 amide bonds. The SMILES string of the molecule is N#Cc1c(-c2ccco2)cc(-c2ccc(NC(=O)c3ccccc3)cc2)nc1N. The molecule has 0 saturated carbocycles. The monoisotopic (exact) mass is 380 g/mol. The molecule has 6 heteroatoms. The molecule has 6 nitrogen and oxygen atoms in total. The number of nitrogens with zero attached hydrogens (tertiary/aromatic N) is 2. The van der Waals surface area contributed by atoms with Crippen molar-refractivity contribution in [3.05, 3.63) is 90.2 Å². The number of aromatic nitrogens is 1. The number of nitriles is 1. The summed E-state index contributed by atoms with van der Waals surface area (Å²) < 4.78 is 5.43. The lowest BCUT2D eigenvalue weighted by Gasteiger charge is -2.10. The van der Waals surface area contributed by atoms with E-state index in [1.54, 1.807) is 42.5 Å². The van der Waals surface area contributed by atoms with Gasteiger partial charge in [0.25, 0.3) is 5.91 Å². The molecule has 29 heavy (non-hydrogen) atoms. The molecular formula is C23H16N4O2. The topological polar surface area (TPSA) is 105 Å². The Morgan fingerprint density at radius 3 is 2.45 bits per heavy atom. The Hall–Kier alpha value is -4.37. The maximum Gasteiger partial charge on any atom is 0.255 e. The van der Waals surface area contributed by atoms with Crippen LogP contribution in [0.2, 0.25) is 0 Å². The number of furan rings is 1. The molecule has 0 aliphatic heterocycles. The first kappa shape index (κ1) is 18.0. The van der Waals surface area contributed by atoms with Crippen molar-refractivity contribution >= 4 is 17.4 Å². The molecule has 0 saturated heterocycles. The van der Waals surface area contributed by atoms with E-state index in [1.165, 1.54) is 6.26 Å². The van der Waals surface area contributed by atoms with E-state index in [-0.39, 0.29) is 17.3 Å². The Labute approximate surface area is 167 Å². The molecule has 0 fully saturated rings. The number of benzene rings is 2. The average Bonchev–Trinajstić information content (AvgIpc) is 3.29. The Balaban J connectivity index is 1.63. The summed E-state index contributed by atoms with van der Waals surface area (Å²) in [6, 6.07) is 23.6. The summed E-state index contributed by atoms with van der Waals surface area (Å²) in [4.78, 5) is 16.6. The van der Waals surface area contributed by atoms with Crippen molar-refractivity contribution in [1.29, 1.82) is 5.26 Å². The van der Waals surface area contributed by atoms with E-state index in [1.807, 2.05) is 30.3 Å². The number of hydrogen-bond acceptors (Lipinski definition) is 5. The molecule has 0 atom stereocenters. The number of hydrogen-bond donors (Lipinski definition) is 2. The van der Waals surface area contributed by atoms with Crippen molar-refractivity contribution < 1.29 is 9.21 Å². The second-order valence-electron chi connectivity index (χ2n) is 6.30. The number of carbonyl (C=O) groups excluding carboxylic acids is 1. The quantitative estimate of drug-likeness (QED) is 0.533. The van der Waals surface area contributed by atoms with Crippen LogP contribution in [0, 0.1) is 11.3 Å². The maximum atomic E-state index is 12.3. The third-order valence-corrected chi connectivity index (χ3v) is 4.42. The highest BCUT2D eigenvalue weighted by Crippen LogP contribution is 2.31. The summed E-state index contributed by atoms with van der Waals surface area (Å²) in [7, 11) is 0. The van der Waals surface area contributed by atoms with Crippen LogP contribution in [-0.2, 0) is 0 Å². The largest absolute Gasteiger partial charge is 0.464 e. The minimum Gasteiger partial charge on any atom is -0.464 e. The average molecular weight is 380 g/mol. The molecule has 2 aromatic heterocycles. The fraction of sp³-hybridized carbons (Fsp3) is 0. The number of carbonyl (C=O) groups is 1. The van der Waals surface area contributed by atoms with Gasteiger partial charge in [-0.05, 0) is 42.5 Å². The predicted molar refractivity (Wildman–Crippen MR) is 111 cm³/mol. The number of pyridine rings is 1. The standard InChI is InChI=1S/C23H16N4O2/c24-14-19-18(21-7-4-12-29-21)13-20(27-22(19)25)15-8-10-17(11-9-15)26-23(28)16-5-2-1-3-6-16/h1-13H,(H2,25,27)(H,26,28). The van der Waals surface area contributed by atoms with E-state index in [4.69, 9.17) is 10.2 Å². The number of rotatable bonds is 4. The van der Waals surface area contributed by atoms with Crippen LogP contribution in [0.15, 0.2) is 83.5 Å². The summed E-state index contributed by atoms with van der Waals surface area (Å²) >= 11 is 0. The Morgan fingerprint density at radius 2 is 1.79 bits per heavy atom. The van der Waals surface area contributed by atoms with Gasteiger partial charge in [0.05, 0.1) is 12.0 Å². The summed E-state index contributed by atoms with van der Waals surface area (Å²) in [6.07, 6.45) is 1.54. The minimum absolute atomic E-state index is 0.137. The molecule has 2 aromatic carbocycles. The van der Waals surface area contributed by atoms with Gasteiger partial charge >= 0.3 is 0 Å². The third kappa shape index (κ3) is 3.70. The van der Waals surface area contributed by atoms with Crippen molar-refractivity contribution in [2.24, 2.45) is 0 Å². The number of anilines is 2. The van der Waals surface area contributed by atoms with Gasteiger partial charge in [-0.25, -0.2) is 4.98 Å². The summed E-state index contributed by atoms with van der Waals surface area (Å²) in [5.41, 5.74) is 9.51. The van der Waals surface area contributed by atoms with Crippen LogP contribution in [-0.4, -0.2) is 10.9 Å². The third-order valence-electron chi connectivity index (χ3n) is 4.42. The van der Waals surface area contributed by atoms with E-state index >= 15 is 0 Å². The molecule has 0 spiro atoms. The molecule has 0 bridgehead atoms. The van der Waals surface area contributed by atoms with E-state index in [2.05, 4.69) is 16.4 Å². The number of nitrogen functional groups attached to an aromatic ring is 1. The normalized spacial score (nSPS) is 10.3. The highest BCUT2D eigenvalue weighted by atomic mass is 16.3. The molecule has 4 aromatic rings. The molecule has 0 aliphatic carbocycles. The second kappa shape index (κ2) is 7.71. The molecule has 4 rings (SSSR count). The molecule has 2 heterocycles. The lowest BCUT2D eigenvalue weighted by molar-refractivity contribution is 0.102. The molecular weight excluding hydrogens is 364 g/mol. The van der Waals surface area contributed by atoms with Crippen LogP contribution in [0.5, 0.6) is 0 Å². The van der Waals surface area contributed by atoms with Crippen molar-refractivity contribution in [2.45, 2.75) is 0 Å². The molecule has 0 aliphatic rings. The van der Waals surface area contributed by atoms with Gasteiger partial charge < -0.3 is 15.5 Å². The van der Waals surface area contributed by atoms with E-state index < -0.39 is 0 Å². The molecule has 140 valence electrons. The Morgan fingerprint density at radius 1 is 1.03 bits per heavy atom. The number of nitrogens with one attached hydrogen (secondary N) is 1. The van der Waals surface area contributed by atoms with Crippen molar-refractivity contribution in [2.75, 3.05) is 11.1 Å². The van der Waals surface area contributed by atoms with Crippen LogP contribution in [0.3, 0.4) is 0 Å². The first-order chi connectivity index (χ1) is 14.2. The lowest BCUT2D eigenvalue weighted by atomic mass is 10.0. The summed E-state index contributed by atoms with van der Waals surface area (Å²) in [5.74, 6) is 0.501. The van der Waals surface area contributed by atoms with Gasteiger partial charge in [0.15, 0.2) is 0 Å². The molecule has 0 unspecified atom stereocenters. The van der Waals surface area contributed by atoms with Crippen LogP contribution in [0.4, 0.5) is 11.5 Å². The van der Waals surface area contributed by atoms with Gasteiger partial charge in [-0.15, -0.1) is 0 Å². The van der Waals surface area contributed by atoms with Crippen LogP contribution >= 0.6 is 0 Å². The minimum atomic E-state index is -0.181. The Bertz CT molecular complexity index is 1190. The summed E-state index contributed by atoms with van der Waals surface area (Å²) in [5, 5.41) is 12.3. The zero-order chi connectivity index (χ0) is 20.2. The Kier molecular flexibility index (Phi) is 4.79. The van der Waals surface area contributed by atoms with E-state index in [0.717, 1.165) is 5.56 Å². The van der Waals surface area contributed by atoms with E-state index in [0.29, 0.717) is 28.3 Å². The van der Waals surface area contributed by atoms with Gasteiger partial charge in [0.2, 0.25) is 0 Å². The van der Waals surface area contributed by atoms with Gasteiger partial charge in [0, 0.05) is 22.4 Å². The second-order valence-corrected chi connectivity index (χ2v) is 6.30. The van der Waals surface area contributed by atoms with Gasteiger partial charge in [-0.3, -0.25) is 4.79 Å². The van der Waals surface area contributed by atoms with Gasteiger partial charge in [-0.1, -0.05) is 30.3 Å². The van der Waals surface area contributed by atoms with Gasteiger partial charge in [-0.2, -0.15) is 5.26 Å². The van der Waals surface area contributed by atoms with Crippen LogP contribution in [0.1, 0.15) is 15.9 Å². The summed E-state index contributed by atoms with van der Waals surface area (Å²) in [6.45, 7) is 0. The highest BCUT2D eigenvalue weighted by molar-refractivity contribution is 6.04.